The number of nitro groups is 1. The van der Waals surface area contributed by atoms with Crippen molar-refractivity contribution in [3.8, 4) is 5.75 Å². The predicted molar refractivity (Wildman–Crippen MR) is 132 cm³/mol. The Morgan fingerprint density at radius 1 is 1.17 bits per heavy atom. The van der Waals surface area contributed by atoms with E-state index < -0.39 is 39.3 Å². The SMILES string of the molecule is CC[C@@H](C(=O)NC)N(Cc1ccc(OC)cc1)C(=O)CN(c1cc([N+](=O)[O-])ccc1C)S(C)(=O)=O. The number of benzene rings is 2. The lowest BCUT2D eigenvalue weighted by Crippen LogP contribution is -2.51. The first kappa shape index (κ1) is 27.6. The van der Waals surface area contributed by atoms with E-state index in [0.29, 0.717) is 16.9 Å². The first-order valence-electron chi connectivity index (χ1n) is 10.8. The van der Waals surface area contributed by atoms with Crippen molar-refractivity contribution < 1.29 is 27.7 Å². The number of hydrogen-bond acceptors (Lipinski definition) is 7. The molecule has 35 heavy (non-hydrogen) atoms. The molecular weight excluding hydrogens is 476 g/mol. The summed E-state index contributed by atoms with van der Waals surface area (Å²) in [5, 5.41) is 13.8. The monoisotopic (exact) mass is 506 g/mol. The summed E-state index contributed by atoms with van der Waals surface area (Å²) in [7, 11) is -1.02. The number of methoxy groups -OCH3 is 1. The summed E-state index contributed by atoms with van der Waals surface area (Å²) in [6, 6.07) is 9.86. The van der Waals surface area contributed by atoms with Crippen LogP contribution in [0.5, 0.6) is 5.75 Å². The number of hydrogen-bond donors (Lipinski definition) is 1. The van der Waals surface area contributed by atoms with Crippen molar-refractivity contribution >= 4 is 33.2 Å². The summed E-state index contributed by atoms with van der Waals surface area (Å²) in [6.07, 6.45) is 1.21. The van der Waals surface area contributed by atoms with Crippen LogP contribution in [0.15, 0.2) is 42.5 Å². The molecule has 1 N–H and O–H groups in total. The molecular formula is C23H30N4O7S. The fourth-order valence-corrected chi connectivity index (χ4v) is 4.49. The van der Waals surface area contributed by atoms with Crippen LogP contribution >= 0.6 is 0 Å². The van der Waals surface area contributed by atoms with E-state index in [9.17, 15) is 28.1 Å². The number of non-ortho nitro benzene ring substituents is 1. The van der Waals surface area contributed by atoms with Crippen molar-refractivity contribution in [3.05, 3.63) is 63.7 Å². The van der Waals surface area contributed by atoms with Gasteiger partial charge in [-0.1, -0.05) is 25.1 Å². The van der Waals surface area contributed by atoms with Gasteiger partial charge in [-0.05, 0) is 36.6 Å². The molecule has 0 spiro atoms. The van der Waals surface area contributed by atoms with Crippen molar-refractivity contribution in [1.29, 1.82) is 0 Å². The van der Waals surface area contributed by atoms with E-state index >= 15 is 0 Å². The molecule has 0 bridgehead atoms. The molecule has 1 atom stereocenters. The molecule has 2 aromatic rings. The molecule has 0 fully saturated rings. The number of carbonyl (C=O) groups is 2. The van der Waals surface area contributed by atoms with E-state index in [1.54, 1.807) is 38.1 Å². The maximum atomic E-state index is 13.5. The van der Waals surface area contributed by atoms with E-state index in [2.05, 4.69) is 5.32 Å². The van der Waals surface area contributed by atoms with Crippen LogP contribution in [0.3, 0.4) is 0 Å². The van der Waals surface area contributed by atoms with Crippen molar-refractivity contribution in [2.75, 3.05) is 31.3 Å². The molecule has 2 amide bonds. The summed E-state index contributed by atoms with van der Waals surface area (Å²) < 4.78 is 31.3. The molecule has 0 aromatic heterocycles. The molecule has 0 aliphatic heterocycles. The second-order valence-electron chi connectivity index (χ2n) is 7.91. The van der Waals surface area contributed by atoms with Crippen LogP contribution < -0.4 is 14.4 Å². The highest BCUT2D eigenvalue weighted by Crippen LogP contribution is 2.28. The van der Waals surface area contributed by atoms with Crippen LogP contribution in [-0.2, 0) is 26.2 Å². The van der Waals surface area contributed by atoms with Gasteiger partial charge < -0.3 is 15.0 Å². The molecule has 0 heterocycles. The van der Waals surface area contributed by atoms with Gasteiger partial charge in [0.2, 0.25) is 21.8 Å². The van der Waals surface area contributed by atoms with Crippen LogP contribution in [0.25, 0.3) is 0 Å². The Hall–Kier alpha value is -3.67. The average Bonchev–Trinajstić information content (AvgIpc) is 2.82. The Kier molecular flexibility index (Phi) is 9.18. The van der Waals surface area contributed by atoms with Gasteiger partial charge in [-0.15, -0.1) is 0 Å². The molecule has 2 aromatic carbocycles. The zero-order valence-electron chi connectivity index (χ0n) is 20.3. The number of aryl methyl sites for hydroxylation is 1. The van der Waals surface area contributed by atoms with Crippen LogP contribution in [-0.4, -0.2) is 63.1 Å². The van der Waals surface area contributed by atoms with Crippen LogP contribution in [0.4, 0.5) is 11.4 Å². The molecule has 0 saturated carbocycles. The minimum absolute atomic E-state index is 0.0208. The maximum absolute atomic E-state index is 13.5. The number of likely N-dealkylation sites (N-methyl/N-ethyl adjacent to an activating group) is 1. The number of nitrogens with one attached hydrogen (secondary N) is 1. The normalized spacial score (nSPS) is 11.9. The van der Waals surface area contributed by atoms with Crippen LogP contribution in [0.1, 0.15) is 24.5 Å². The molecule has 0 unspecified atom stereocenters. The molecule has 12 heteroatoms. The minimum atomic E-state index is -4.01. The number of nitro benzene ring substituents is 1. The highest BCUT2D eigenvalue weighted by atomic mass is 32.2. The Labute approximate surface area is 204 Å². The zero-order valence-corrected chi connectivity index (χ0v) is 21.2. The van der Waals surface area contributed by atoms with E-state index in [1.807, 2.05) is 0 Å². The molecule has 2 rings (SSSR count). The van der Waals surface area contributed by atoms with E-state index in [4.69, 9.17) is 4.74 Å². The molecule has 0 saturated heterocycles. The van der Waals surface area contributed by atoms with Crippen molar-refractivity contribution in [2.24, 2.45) is 0 Å². The number of nitrogens with zero attached hydrogens (tertiary/aromatic N) is 3. The van der Waals surface area contributed by atoms with Gasteiger partial charge in [-0.2, -0.15) is 0 Å². The number of sulfonamides is 1. The molecule has 190 valence electrons. The Bertz CT molecular complexity index is 1180. The second-order valence-corrected chi connectivity index (χ2v) is 9.81. The van der Waals surface area contributed by atoms with Gasteiger partial charge >= 0.3 is 0 Å². The fourth-order valence-electron chi connectivity index (χ4n) is 3.59. The van der Waals surface area contributed by atoms with Gasteiger partial charge in [-0.25, -0.2) is 8.42 Å². The van der Waals surface area contributed by atoms with Crippen LogP contribution in [0, 0.1) is 17.0 Å². The maximum Gasteiger partial charge on any atom is 0.271 e. The molecule has 11 nitrogen and oxygen atoms in total. The van der Waals surface area contributed by atoms with Crippen molar-refractivity contribution in [2.45, 2.75) is 32.9 Å². The predicted octanol–water partition coefficient (Wildman–Crippen LogP) is 2.23. The smallest absolute Gasteiger partial charge is 0.271 e. The highest BCUT2D eigenvalue weighted by Gasteiger charge is 2.32. The number of carbonyl (C=O) groups excluding carboxylic acids is 2. The third-order valence-corrected chi connectivity index (χ3v) is 6.62. The average molecular weight is 507 g/mol. The minimum Gasteiger partial charge on any atom is -0.497 e. The van der Waals surface area contributed by atoms with Gasteiger partial charge in [0.05, 0.1) is 24.0 Å². The Morgan fingerprint density at radius 3 is 2.29 bits per heavy atom. The number of ether oxygens (including phenoxy) is 1. The Balaban J connectivity index is 2.50. The lowest BCUT2D eigenvalue weighted by molar-refractivity contribution is -0.384. The lowest BCUT2D eigenvalue weighted by atomic mass is 10.1. The summed E-state index contributed by atoms with van der Waals surface area (Å²) >= 11 is 0. The number of rotatable bonds is 11. The standard InChI is InChI=1S/C23H30N4O7S/c1-6-20(23(29)24-3)25(14-17-8-11-19(34-4)12-9-17)22(28)15-26(35(5,32)33)21-13-18(27(30)31)10-7-16(21)2/h7-13,20H,6,14-15H2,1-5H3,(H,24,29)/t20-/m0/s1. The summed E-state index contributed by atoms with van der Waals surface area (Å²) in [4.78, 5) is 38.0. The number of anilines is 1. The largest absolute Gasteiger partial charge is 0.497 e. The molecule has 0 aliphatic carbocycles. The van der Waals surface area contributed by atoms with Gasteiger partial charge in [0.15, 0.2) is 0 Å². The van der Waals surface area contributed by atoms with Crippen molar-refractivity contribution in [3.63, 3.8) is 0 Å². The first-order valence-corrected chi connectivity index (χ1v) is 12.6. The van der Waals surface area contributed by atoms with E-state index in [1.165, 1.54) is 31.2 Å². The third kappa shape index (κ3) is 6.92. The quantitative estimate of drug-likeness (QED) is 0.364. The topological polar surface area (TPSA) is 139 Å². The summed E-state index contributed by atoms with van der Waals surface area (Å²) in [6.45, 7) is 2.74. The van der Waals surface area contributed by atoms with Gasteiger partial charge in [-0.3, -0.25) is 24.0 Å². The van der Waals surface area contributed by atoms with Gasteiger partial charge in [0.25, 0.3) is 5.69 Å². The molecule has 0 aliphatic rings. The third-order valence-electron chi connectivity index (χ3n) is 5.50. The fraction of sp³-hybridized carbons (Fsp3) is 0.391. The van der Waals surface area contributed by atoms with Gasteiger partial charge in [0, 0.05) is 25.7 Å². The molecule has 0 radical (unpaired) electrons. The first-order chi connectivity index (χ1) is 16.4. The summed E-state index contributed by atoms with van der Waals surface area (Å²) in [5.74, 6) is -0.409. The van der Waals surface area contributed by atoms with Gasteiger partial charge in [0.1, 0.15) is 18.3 Å². The zero-order chi connectivity index (χ0) is 26.3. The summed E-state index contributed by atoms with van der Waals surface area (Å²) in [5.41, 5.74) is 0.860. The second kappa shape index (κ2) is 11.6. The van der Waals surface area contributed by atoms with E-state index in [0.717, 1.165) is 16.6 Å². The number of amides is 2. The van der Waals surface area contributed by atoms with E-state index in [-0.39, 0.29) is 24.3 Å². The Morgan fingerprint density at radius 2 is 1.80 bits per heavy atom. The van der Waals surface area contributed by atoms with Crippen molar-refractivity contribution in [1.82, 2.24) is 10.2 Å². The highest BCUT2D eigenvalue weighted by molar-refractivity contribution is 7.92. The lowest BCUT2D eigenvalue weighted by Gasteiger charge is -2.32. The van der Waals surface area contributed by atoms with Crippen LogP contribution in [0.2, 0.25) is 0 Å².